The van der Waals surface area contributed by atoms with Crippen LogP contribution in [-0.4, -0.2) is 5.78 Å². The van der Waals surface area contributed by atoms with Gasteiger partial charge in [0.15, 0.2) is 0 Å². The van der Waals surface area contributed by atoms with Gasteiger partial charge >= 0.3 is 0 Å². The highest BCUT2D eigenvalue weighted by Gasteiger charge is 2.40. The molecule has 0 atom stereocenters. The quantitative estimate of drug-likeness (QED) is 0.651. The Morgan fingerprint density at radius 2 is 1.77 bits per heavy atom. The minimum Gasteiger partial charge on any atom is -0.300 e. The van der Waals surface area contributed by atoms with Crippen molar-refractivity contribution >= 4 is 5.78 Å². The van der Waals surface area contributed by atoms with Crippen LogP contribution in [0.25, 0.3) is 0 Å². The smallest absolute Gasteiger partial charge is 0.133 e. The van der Waals surface area contributed by atoms with Crippen LogP contribution in [-0.2, 0) is 4.79 Å². The van der Waals surface area contributed by atoms with Crippen molar-refractivity contribution in [3.63, 3.8) is 0 Å². The molecule has 74 valence electrons. The summed E-state index contributed by atoms with van der Waals surface area (Å²) in [4.78, 5) is 11.5. The Morgan fingerprint density at radius 1 is 1.23 bits per heavy atom. The summed E-state index contributed by atoms with van der Waals surface area (Å²) in [5.41, 5.74) is 0.460. The highest BCUT2D eigenvalue weighted by atomic mass is 16.1. The van der Waals surface area contributed by atoms with Gasteiger partial charge in [0.2, 0.25) is 0 Å². The molecule has 0 N–H and O–H groups in total. The summed E-state index contributed by atoms with van der Waals surface area (Å²) in [6.45, 7) is 1.99. The molecule has 3 aliphatic rings. The van der Waals surface area contributed by atoms with Gasteiger partial charge in [0.1, 0.15) is 5.78 Å². The molecule has 0 heterocycles. The van der Waals surface area contributed by atoms with E-state index in [0.717, 1.165) is 18.8 Å². The number of ketones is 1. The van der Waals surface area contributed by atoms with Gasteiger partial charge in [0.25, 0.3) is 0 Å². The Morgan fingerprint density at radius 3 is 2.23 bits per heavy atom. The first-order chi connectivity index (χ1) is 6.24. The van der Waals surface area contributed by atoms with Gasteiger partial charge in [-0.3, -0.25) is 4.79 Å². The molecule has 3 rings (SSSR count). The lowest BCUT2D eigenvalue weighted by molar-refractivity contribution is -0.122. The maximum atomic E-state index is 11.5. The van der Waals surface area contributed by atoms with Crippen LogP contribution in [0.1, 0.15) is 58.3 Å². The Bertz CT molecular complexity index is 185. The van der Waals surface area contributed by atoms with Crippen LogP contribution >= 0.6 is 0 Å². The number of carbonyl (C=O) groups is 1. The van der Waals surface area contributed by atoms with Crippen molar-refractivity contribution in [1.29, 1.82) is 0 Å². The number of hydrogen-bond donors (Lipinski definition) is 0. The first kappa shape index (κ1) is 9.23. The molecule has 0 amide bonds. The van der Waals surface area contributed by atoms with E-state index in [4.69, 9.17) is 0 Å². The van der Waals surface area contributed by atoms with Crippen LogP contribution in [0.3, 0.4) is 0 Å². The molecular formula is C12H20O. The number of Topliss-reactive ketones (excluding diaryl/α,β-unsaturated/α-hetero) is 1. The zero-order chi connectivity index (χ0) is 9.31. The standard InChI is InChI=1S/C12H20O/c1-2-11(13)9-12-6-3-10(4-7-12)5-8-12/h10H,2-9H2,1H3. The number of carbonyl (C=O) groups excluding carboxylic acids is 1. The molecule has 0 saturated heterocycles. The SMILES string of the molecule is CCC(=O)CC12CCC(CC1)CC2. The van der Waals surface area contributed by atoms with Crippen LogP contribution in [0.15, 0.2) is 0 Å². The molecule has 2 bridgehead atoms. The van der Waals surface area contributed by atoms with Crippen LogP contribution in [0, 0.1) is 11.3 Å². The van der Waals surface area contributed by atoms with Crippen molar-refractivity contribution in [3.8, 4) is 0 Å². The molecule has 3 saturated carbocycles. The molecule has 0 spiro atoms. The molecule has 1 heteroatoms. The maximum Gasteiger partial charge on any atom is 0.133 e. The Labute approximate surface area is 80.9 Å². The van der Waals surface area contributed by atoms with Gasteiger partial charge in [-0.25, -0.2) is 0 Å². The monoisotopic (exact) mass is 180 g/mol. The highest BCUT2D eigenvalue weighted by molar-refractivity contribution is 5.78. The third kappa shape index (κ3) is 1.79. The molecule has 3 fully saturated rings. The lowest BCUT2D eigenvalue weighted by Gasteiger charge is -2.46. The van der Waals surface area contributed by atoms with E-state index in [9.17, 15) is 4.79 Å². The molecular weight excluding hydrogens is 160 g/mol. The number of rotatable bonds is 3. The first-order valence-corrected chi connectivity index (χ1v) is 5.76. The average Bonchev–Trinajstić information content (AvgIpc) is 2.20. The minimum absolute atomic E-state index is 0.460. The summed E-state index contributed by atoms with van der Waals surface area (Å²) < 4.78 is 0. The van der Waals surface area contributed by atoms with Crippen LogP contribution in [0.2, 0.25) is 0 Å². The molecule has 0 aromatic rings. The molecule has 0 aromatic carbocycles. The van der Waals surface area contributed by atoms with E-state index in [-0.39, 0.29) is 0 Å². The van der Waals surface area contributed by atoms with Gasteiger partial charge < -0.3 is 0 Å². The van der Waals surface area contributed by atoms with Gasteiger partial charge in [0, 0.05) is 12.8 Å². The molecule has 1 nitrogen and oxygen atoms in total. The topological polar surface area (TPSA) is 17.1 Å². The van der Waals surface area contributed by atoms with E-state index in [2.05, 4.69) is 0 Å². The van der Waals surface area contributed by atoms with Crippen molar-refractivity contribution in [2.45, 2.75) is 58.3 Å². The van der Waals surface area contributed by atoms with Gasteiger partial charge in [-0.1, -0.05) is 6.92 Å². The van der Waals surface area contributed by atoms with Gasteiger partial charge in [-0.15, -0.1) is 0 Å². The van der Waals surface area contributed by atoms with Gasteiger partial charge in [-0.2, -0.15) is 0 Å². The zero-order valence-corrected chi connectivity index (χ0v) is 8.64. The van der Waals surface area contributed by atoms with Gasteiger partial charge in [-0.05, 0) is 49.9 Å². The van der Waals surface area contributed by atoms with Crippen LogP contribution in [0.5, 0.6) is 0 Å². The van der Waals surface area contributed by atoms with E-state index in [1.807, 2.05) is 6.92 Å². The summed E-state index contributed by atoms with van der Waals surface area (Å²) in [6.07, 6.45) is 9.84. The summed E-state index contributed by atoms with van der Waals surface area (Å²) in [6, 6.07) is 0. The van der Waals surface area contributed by atoms with E-state index in [1.54, 1.807) is 0 Å². The van der Waals surface area contributed by atoms with Crippen molar-refractivity contribution in [1.82, 2.24) is 0 Å². The average molecular weight is 180 g/mol. The lowest BCUT2D eigenvalue weighted by Crippen LogP contribution is -2.35. The van der Waals surface area contributed by atoms with Crippen molar-refractivity contribution < 1.29 is 4.79 Å². The predicted octanol–water partition coefficient (Wildman–Crippen LogP) is 3.33. The molecule has 0 aliphatic heterocycles. The Kier molecular flexibility index (Phi) is 2.44. The van der Waals surface area contributed by atoms with Crippen LogP contribution < -0.4 is 0 Å². The minimum atomic E-state index is 0.460. The van der Waals surface area contributed by atoms with Gasteiger partial charge in [0.05, 0.1) is 0 Å². The Balaban J connectivity index is 1.98. The molecule has 13 heavy (non-hydrogen) atoms. The third-order valence-electron chi connectivity index (χ3n) is 4.22. The van der Waals surface area contributed by atoms with Crippen molar-refractivity contribution in [2.75, 3.05) is 0 Å². The predicted molar refractivity (Wildman–Crippen MR) is 53.5 cm³/mol. The lowest BCUT2D eigenvalue weighted by atomic mass is 9.59. The fourth-order valence-electron chi connectivity index (χ4n) is 3.15. The fourth-order valence-corrected chi connectivity index (χ4v) is 3.15. The first-order valence-electron chi connectivity index (χ1n) is 5.76. The number of hydrogen-bond acceptors (Lipinski definition) is 1. The van der Waals surface area contributed by atoms with E-state index < -0.39 is 0 Å². The normalized spacial score (nSPS) is 37.8. The second-order valence-corrected chi connectivity index (χ2v) is 5.05. The van der Waals surface area contributed by atoms with Crippen LogP contribution in [0.4, 0.5) is 0 Å². The zero-order valence-electron chi connectivity index (χ0n) is 8.64. The Hall–Kier alpha value is -0.330. The highest BCUT2D eigenvalue weighted by Crippen LogP contribution is 2.52. The second-order valence-electron chi connectivity index (χ2n) is 5.05. The maximum absolute atomic E-state index is 11.5. The molecule has 0 aromatic heterocycles. The number of fused-ring (bicyclic) bond motifs is 3. The molecule has 3 aliphatic carbocycles. The van der Waals surface area contributed by atoms with E-state index in [1.165, 1.54) is 38.5 Å². The molecule has 0 unspecified atom stereocenters. The summed E-state index contributed by atoms with van der Waals surface area (Å²) >= 11 is 0. The summed E-state index contributed by atoms with van der Waals surface area (Å²) in [5.74, 6) is 1.50. The van der Waals surface area contributed by atoms with E-state index in [0.29, 0.717) is 11.2 Å². The van der Waals surface area contributed by atoms with E-state index >= 15 is 0 Å². The third-order valence-corrected chi connectivity index (χ3v) is 4.22. The molecule has 0 radical (unpaired) electrons. The second kappa shape index (κ2) is 3.43. The largest absolute Gasteiger partial charge is 0.300 e. The summed E-state index contributed by atoms with van der Waals surface area (Å²) in [7, 11) is 0. The van der Waals surface area contributed by atoms with Crippen molar-refractivity contribution in [2.24, 2.45) is 11.3 Å². The van der Waals surface area contributed by atoms with Crippen molar-refractivity contribution in [3.05, 3.63) is 0 Å². The fraction of sp³-hybridized carbons (Fsp3) is 0.917. The summed E-state index contributed by atoms with van der Waals surface area (Å²) in [5, 5.41) is 0.